The maximum atomic E-state index is 10.7. The van der Waals surface area contributed by atoms with Gasteiger partial charge in [-0.1, -0.05) is 17.7 Å². The minimum absolute atomic E-state index is 0.0509. The summed E-state index contributed by atoms with van der Waals surface area (Å²) in [7, 11) is 0. The van der Waals surface area contributed by atoms with Crippen LogP contribution in [-0.4, -0.2) is 51.4 Å². The van der Waals surface area contributed by atoms with Crippen molar-refractivity contribution in [3.63, 3.8) is 0 Å². The molecule has 0 aliphatic heterocycles. The number of halogens is 1. The first-order valence-corrected chi connectivity index (χ1v) is 5.84. The number of aliphatic carboxylic acids is 2. The number of hydrogen-bond acceptors (Lipinski definition) is 6. The van der Waals surface area contributed by atoms with E-state index in [1.807, 2.05) is 0 Å². The molecule has 9 nitrogen and oxygen atoms in total. The highest BCUT2D eigenvalue weighted by Crippen LogP contribution is 2.24. The van der Waals surface area contributed by atoms with E-state index in [9.17, 15) is 19.7 Å². The van der Waals surface area contributed by atoms with Crippen molar-refractivity contribution in [2.75, 3.05) is 13.1 Å². The summed E-state index contributed by atoms with van der Waals surface area (Å²) in [6.07, 6.45) is 1.12. The highest BCUT2D eigenvalue weighted by atomic mass is 35.5. The van der Waals surface area contributed by atoms with Crippen molar-refractivity contribution in [2.45, 2.75) is 0 Å². The van der Waals surface area contributed by atoms with Gasteiger partial charge in [-0.15, -0.1) is 0 Å². The number of benzene rings is 1. The number of carboxylic acid groups (broad SMARTS) is 2. The molecule has 0 spiro atoms. The first-order valence-electron chi connectivity index (χ1n) is 5.46. The first-order chi connectivity index (χ1) is 9.79. The second-order valence-electron chi connectivity index (χ2n) is 3.82. The third-order valence-corrected chi connectivity index (χ3v) is 2.49. The standard InChI is InChI=1S/C11H10ClN3O6/c12-8-2-1-7(3-9(8)15(20)21)4-13-14(5-10(16)17)6-11(18)19/h1-4H,5-6H2,(H,16,17)(H,18,19)/b13-4-. The van der Waals surface area contributed by atoms with Crippen LogP contribution >= 0.6 is 11.6 Å². The molecule has 0 saturated carbocycles. The van der Waals surface area contributed by atoms with Crippen molar-refractivity contribution >= 4 is 35.4 Å². The number of hydrogen-bond donors (Lipinski definition) is 2. The Morgan fingerprint density at radius 1 is 1.33 bits per heavy atom. The van der Waals surface area contributed by atoms with Crippen LogP contribution in [0.2, 0.25) is 5.02 Å². The van der Waals surface area contributed by atoms with Crippen LogP contribution in [0.25, 0.3) is 0 Å². The van der Waals surface area contributed by atoms with Crippen molar-refractivity contribution in [1.29, 1.82) is 0 Å². The predicted molar refractivity (Wildman–Crippen MR) is 72.5 cm³/mol. The molecule has 1 rings (SSSR count). The van der Waals surface area contributed by atoms with Crippen LogP contribution in [0.3, 0.4) is 0 Å². The Labute approximate surface area is 123 Å². The molecule has 112 valence electrons. The summed E-state index contributed by atoms with van der Waals surface area (Å²) < 4.78 is 0. The number of rotatable bonds is 7. The highest BCUT2D eigenvalue weighted by Gasteiger charge is 2.13. The minimum Gasteiger partial charge on any atom is -0.480 e. The number of hydrazone groups is 1. The third-order valence-electron chi connectivity index (χ3n) is 2.17. The van der Waals surface area contributed by atoms with Crippen LogP contribution in [0.4, 0.5) is 5.69 Å². The Morgan fingerprint density at radius 2 is 1.90 bits per heavy atom. The molecule has 0 heterocycles. The Morgan fingerprint density at radius 3 is 2.38 bits per heavy atom. The largest absolute Gasteiger partial charge is 0.480 e. The third kappa shape index (κ3) is 5.45. The van der Waals surface area contributed by atoms with Gasteiger partial charge in [0.15, 0.2) is 0 Å². The first kappa shape index (κ1) is 16.4. The van der Waals surface area contributed by atoms with E-state index in [1.165, 1.54) is 12.1 Å². The fourth-order valence-electron chi connectivity index (χ4n) is 1.35. The van der Waals surface area contributed by atoms with Gasteiger partial charge in [0.1, 0.15) is 18.1 Å². The van der Waals surface area contributed by atoms with E-state index in [-0.39, 0.29) is 16.3 Å². The Balaban J connectivity index is 2.94. The molecule has 0 atom stereocenters. The molecule has 1 aromatic rings. The Bertz CT molecular complexity index is 588. The summed E-state index contributed by atoms with van der Waals surface area (Å²) in [6, 6.07) is 3.86. The van der Waals surface area contributed by atoms with Gasteiger partial charge in [-0.2, -0.15) is 5.10 Å². The molecule has 10 heteroatoms. The lowest BCUT2D eigenvalue weighted by atomic mass is 10.2. The number of carbonyl (C=O) groups is 2. The SMILES string of the molecule is O=C(O)CN(CC(=O)O)/N=C\c1ccc(Cl)c([N+](=O)[O-])c1. The number of nitrogens with zero attached hydrogens (tertiary/aromatic N) is 3. The summed E-state index contributed by atoms with van der Waals surface area (Å²) in [6.45, 7) is -1.23. The number of carboxylic acids is 2. The van der Waals surface area contributed by atoms with Crippen LogP contribution in [0.1, 0.15) is 5.56 Å². The van der Waals surface area contributed by atoms with Crippen molar-refractivity contribution in [2.24, 2.45) is 5.10 Å². The van der Waals surface area contributed by atoms with Crippen LogP contribution < -0.4 is 0 Å². The maximum absolute atomic E-state index is 10.7. The van der Waals surface area contributed by atoms with E-state index in [0.717, 1.165) is 17.3 Å². The zero-order valence-corrected chi connectivity index (χ0v) is 11.2. The maximum Gasteiger partial charge on any atom is 0.324 e. The summed E-state index contributed by atoms with van der Waals surface area (Å²) in [5.74, 6) is -2.51. The summed E-state index contributed by atoms with van der Waals surface area (Å²) in [5.41, 5.74) is -0.0458. The van der Waals surface area contributed by atoms with Gasteiger partial charge in [-0.3, -0.25) is 24.7 Å². The lowest BCUT2D eigenvalue weighted by molar-refractivity contribution is -0.384. The quantitative estimate of drug-likeness (QED) is 0.436. The highest BCUT2D eigenvalue weighted by molar-refractivity contribution is 6.32. The average molecular weight is 316 g/mol. The molecule has 1 aromatic carbocycles. The molecule has 0 bridgehead atoms. The summed E-state index contributed by atoms with van der Waals surface area (Å²) >= 11 is 5.64. The van der Waals surface area contributed by atoms with Gasteiger partial charge in [0.25, 0.3) is 5.69 Å². The van der Waals surface area contributed by atoms with Gasteiger partial charge >= 0.3 is 11.9 Å². The monoisotopic (exact) mass is 315 g/mol. The fraction of sp³-hybridized carbons (Fsp3) is 0.182. The van der Waals surface area contributed by atoms with Crippen molar-refractivity contribution in [1.82, 2.24) is 5.01 Å². The molecule has 0 aliphatic carbocycles. The van der Waals surface area contributed by atoms with E-state index in [0.29, 0.717) is 0 Å². The fourth-order valence-corrected chi connectivity index (χ4v) is 1.53. The molecule has 0 aliphatic rings. The zero-order chi connectivity index (χ0) is 16.0. The van der Waals surface area contributed by atoms with Crippen LogP contribution in [-0.2, 0) is 9.59 Å². The van der Waals surface area contributed by atoms with Crippen molar-refractivity contribution < 1.29 is 24.7 Å². The molecule has 0 fully saturated rings. The summed E-state index contributed by atoms with van der Waals surface area (Å²) in [4.78, 5) is 31.2. The van der Waals surface area contributed by atoms with Gasteiger partial charge in [0, 0.05) is 11.6 Å². The minimum atomic E-state index is -1.25. The second-order valence-corrected chi connectivity index (χ2v) is 4.23. The topological polar surface area (TPSA) is 133 Å². The van der Waals surface area contributed by atoms with E-state index in [4.69, 9.17) is 21.8 Å². The second kappa shape index (κ2) is 7.20. The molecule has 0 amide bonds. The number of nitro groups is 1. The van der Waals surface area contributed by atoms with Crippen LogP contribution in [0, 0.1) is 10.1 Å². The van der Waals surface area contributed by atoms with E-state index >= 15 is 0 Å². The number of nitro benzene ring substituents is 1. The molecular weight excluding hydrogens is 306 g/mol. The van der Waals surface area contributed by atoms with E-state index in [1.54, 1.807) is 0 Å². The molecule has 0 radical (unpaired) electrons. The Hall–Kier alpha value is -2.68. The molecule has 0 saturated heterocycles. The van der Waals surface area contributed by atoms with Gasteiger partial charge < -0.3 is 10.2 Å². The molecule has 2 N–H and O–H groups in total. The van der Waals surface area contributed by atoms with Gasteiger partial charge in [-0.25, -0.2) is 0 Å². The molecule has 0 aromatic heterocycles. The summed E-state index contributed by atoms with van der Waals surface area (Å²) in [5, 5.41) is 32.4. The lowest BCUT2D eigenvalue weighted by Gasteiger charge is -2.13. The smallest absolute Gasteiger partial charge is 0.324 e. The van der Waals surface area contributed by atoms with Gasteiger partial charge in [-0.05, 0) is 6.07 Å². The van der Waals surface area contributed by atoms with Crippen LogP contribution in [0.5, 0.6) is 0 Å². The normalized spacial score (nSPS) is 10.5. The van der Waals surface area contributed by atoms with E-state index < -0.39 is 30.0 Å². The van der Waals surface area contributed by atoms with E-state index in [2.05, 4.69) is 5.10 Å². The van der Waals surface area contributed by atoms with Crippen LogP contribution in [0.15, 0.2) is 23.3 Å². The average Bonchev–Trinajstić information content (AvgIpc) is 2.35. The zero-order valence-electron chi connectivity index (χ0n) is 10.5. The van der Waals surface area contributed by atoms with Gasteiger partial charge in [0.2, 0.25) is 0 Å². The van der Waals surface area contributed by atoms with Gasteiger partial charge in [0.05, 0.1) is 11.1 Å². The lowest BCUT2D eigenvalue weighted by Crippen LogP contribution is -2.30. The van der Waals surface area contributed by atoms with Crippen molar-refractivity contribution in [3.05, 3.63) is 38.9 Å². The predicted octanol–water partition coefficient (Wildman–Crippen LogP) is 1.05. The van der Waals surface area contributed by atoms with Crippen molar-refractivity contribution in [3.8, 4) is 0 Å². The molecule has 21 heavy (non-hydrogen) atoms. The molecular formula is C11H10ClN3O6. The Kier molecular flexibility index (Phi) is 5.61. The molecule has 0 unspecified atom stereocenters.